The Bertz CT molecular complexity index is 765. The number of fused-ring (bicyclic) bond motifs is 1. The van der Waals surface area contributed by atoms with E-state index >= 15 is 0 Å². The lowest BCUT2D eigenvalue weighted by atomic mass is 10.1. The molecule has 1 atom stereocenters. The SMILES string of the molecule is COc1ccc(Cl)cc1-c1csc2nnc(C(C)N)n12. The summed E-state index contributed by atoms with van der Waals surface area (Å²) in [5.41, 5.74) is 7.78. The number of nitrogens with two attached hydrogens (primary N) is 1. The monoisotopic (exact) mass is 308 g/mol. The molecule has 0 aliphatic rings. The van der Waals surface area contributed by atoms with E-state index in [1.807, 2.05) is 28.8 Å². The van der Waals surface area contributed by atoms with E-state index in [2.05, 4.69) is 10.2 Å². The highest BCUT2D eigenvalue weighted by Gasteiger charge is 2.18. The van der Waals surface area contributed by atoms with Gasteiger partial charge in [-0.2, -0.15) is 0 Å². The van der Waals surface area contributed by atoms with Crippen LogP contribution in [0.4, 0.5) is 0 Å². The maximum Gasteiger partial charge on any atom is 0.216 e. The lowest BCUT2D eigenvalue weighted by Crippen LogP contribution is -2.10. The number of thiazole rings is 1. The Balaban J connectivity index is 2.29. The second kappa shape index (κ2) is 5.05. The Morgan fingerprint density at radius 2 is 2.20 bits per heavy atom. The molecule has 1 aromatic carbocycles. The number of methoxy groups -OCH3 is 1. The summed E-state index contributed by atoms with van der Waals surface area (Å²) >= 11 is 7.61. The van der Waals surface area contributed by atoms with Gasteiger partial charge >= 0.3 is 0 Å². The molecule has 0 saturated carbocycles. The van der Waals surface area contributed by atoms with Crippen LogP contribution in [-0.4, -0.2) is 21.7 Å². The molecular weight excluding hydrogens is 296 g/mol. The normalized spacial score (nSPS) is 12.8. The van der Waals surface area contributed by atoms with Crippen molar-refractivity contribution in [3.05, 3.63) is 34.4 Å². The molecule has 5 nitrogen and oxygen atoms in total. The standard InChI is InChI=1S/C13H13ClN4OS/c1-7(15)12-16-17-13-18(12)10(6-20-13)9-5-8(14)3-4-11(9)19-2/h3-7H,15H2,1-2H3. The molecule has 0 bridgehead atoms. The fourth-order valence-electron chi connectivity index (χ4n) is 2.10. The summed E-state index contributed by atoms with van der Waals surface area (Å²) in [6, 6.07) is 5.30. The summed E-state index contributed by atoms with van der Waals surface area (Å²) < 4.78 is 7.36. The van der Waals surface area contributed by atoms with Gasteiger partial charge in [-0.15, -0.1) is 21.5 Å². The Morgan fingerprint density at radius 3 is 2.90 bits per heavy atom. The van der Waals surface area contributed by atoms with Gasteiger partial charge in [0, 0.05) is 16.0 Å². The molecule has 0 spiro atoms. The summed E-state index contributed by atoms with van der Waals surface area (Å²) in [7, 11) is 1.63. The third-order valence-corrected chi connectivity index (χ3v) is 4.07. The van der Waals surface area contributed by atoms with Crippen LogP contribution in [0.3, 0.4) is 0 Å². The fraction of sp³-hybridized carbons (Fsp3) is 0.231. The summed E-state index contributed by atoms with van der Waals surface area (Å²) in [6.45, 7) is 1.88. The van der Waals surface area contributed by atoms with Crippen molar-refractivity contribution < 1.29 is 4.74 Å². The third kappa shape index (κ3) is 2.06. The van der Waals surface area contributed by atoms with E-state index in [0.717, 1.165) is 27.8 Å². The molecule has 3 rings (SSSR count). The number of halogens is 1. The number of benzene rings is 1. The number of rotatable bonds is 3. The average molecular weight is 309 g/mol. The van der Waals surface area contributed by atoms with E-state index in [9.17, 15) is 0 Å². The van der Waals surface area contributed by atoms with Crippen LogP contribution >= 0.6 is 22.9 Å². The molecule has 7 heteroatoms. The van der Waals surface area contributed by atoms with Gasteiger partial charge in [0.2, 0.25) is 4.96 Å². The van der Waals surface area contributed by atoms with Crippen LogP contribution in [0.1, 0.15) is 18.8 Å². The van der Waals surface area contributed by atoms with Crippen LogP contribution in [0.2, 0.25) is 5.02 Å². The number of hydrogen-bond donors (Lipinski definition) is 1. The molecule has 2 heterocycles. The van der Waals surface area contributed by atoms with Crippen molar-refractivity contribution in [1.82, 2.24) is 14.6 Å². The van der Waals surface area contributed by atoms with Gasteiger partial charge in [-0.05, 0) is 25.1 Å². The largest absolute Gasteiger partial charge is 0.496 e. The van der Waals surface area contributed by atoms with Crippen LogP contribution in [0.15, 0.2) is 23.6 Å². The van der Waals surface area contributed by atoms with Gasteiger partial charge < -0.3 is 10.5 Å². The van der Waals surface area contributed by atoms with Crippen LogP contribution in [0.5, 0.6) is 5.75 Å². The minimum absolute atomic E-state index is 0.205. The van der Waals surface area contributed by atoms with E-state index in [-0.39, 0.29) is 6.04 Å². The maximum absolute atomic E-state index is 6.10. The highest BCUT2D eigenvalue weighted by molar-refractivity contribution is 7.15. The van der Waals surface area contributed by atoms with Gasteiger partial charge in [0.15, 0.2) is 5.82 Å². The summed E-state index contributed by atoms with van der Waals surface area (Å²) in [5.74, 6) is 1.47. The van der Waals surface area contributed by atoms with Crippen molar-refractivity contribution in [3.8, 4) is 17.0 Å². The fourth-order valence-corrected chi connectivity index (χ4v) is 3.11. The molecule has 20 heavy (non-hydrogen) atoms. The molecule has 0 fully saturated rings. The zero-order valence-electron chi connectivity index (χ0n) is 11.0. The second-order valence-electron chi connectivity index (χ2n) is 4.43. The predicted molar refractivity (Wildman–Crippen MR) is 80.5 cm³/mol. The Morgan fingerprint density at radius 1 is 1.40 bits per heavy atom. The molecule has 0 aliphatic heterocycles. The van der Waals surface area contributed by atoms with Gasteiger partial charge in [0.1, 0.15) is 5.75 Å². The smallest absolute Gasteiger partial charge is 0.216 e. The van der Waals surface area contributed by atoms with Crippen molar-refractivity contribution >= 4 is 27.9 Å². The quantitative estimate of drug-likeness (QED) is 0.807. The summed E-state index contributed by atoms with van der Waals surface area (Å²) in [6.07, 6.45) is 0. The van der Waals surface area contributed by atoms with Gasteiger partial charge in [0.05, 0.1) is 18.8 Å². The van der Waals surface area contributed by atoms with Crippen molar-refractivity contribution in [2.24, 2.45) is 5.73 Å². The highest BCUT2D eigenvalue weighted by Crippen LogP contribution is 2.35. The van der Waals surface area contributed by atoms with E-state index in [4.69, 9.17) is 22.1 Å². The number of ether oxygens (including phenoxy) is 1. The van der Waals surface area contributed by atoms with Gasteiger partial charge in [-0.1, -0.05) is 11.6 Å². The molecular formula is C13H13ClN4OS. The Labute approximate surface area is 125 Å². The lowest BCUT2D eigenvalue weighted by molar-refractivity contribution is 0.416. The highest BCUT2D eigenvalue weighted by atomic mass is 35.5. The molecule has 0 radical (unpaired) electrons. The molecule has 0 saturated heterocycles. The zero-order chi connectivity index (χ0) is 14.3. The molecule has 3 aromatic rings. The zero-order valence-corrected chi connectivity index (χ0v) is 12.6. The van der Waals surface area contributed by atoms with Crippen molar-refractivity contribution in [2.45, 2.75) is 13.0 Å². The minimum Gasteiger partial charge on any atom is -0.496 e. The topological polar surface area (TPSA) is 65.4 Å². The molecule has 2 aromatic heterocycles. The maximum atomic E-state index is 6.10. The van der Waals surface area contributed by atoms with Crippen LogP contribution < -0.4 is 10.5 Å². The first-order valence-corrected chi connectivity index (χ1v) is 7.29. The Hall–Kier alpha value is -1.63. The summed E-state index contributed by atoms with van der Waals surface area (Å²) in [4.78, 5) is 0.800. The van der Waals surface area contributed by atoms with Crippen molar-refractivity contribution in [2.75, 3.05) is 7.11 Å². The summed E-state index contributed by atoms with van der Waals surface area (Å²) in [5, 5.41) is 10.9. The van der Waals surface area contributed by atoms with Crippen LogP contribution in [0, 0.1) is 0 Å². The number of nitrogens with zero attached hydrogens (tertiary/aromatic N) is 3. The van der Waals surface area contributed by atoms with Crippen molar-refractivity contribution in [3.63, 3.8) is 0 Å². The Kier molecular flexibility index (Phi) is 3.37. The van der Waals surface area contributed by atoms with Crippen LogP contribution in [0.25, 0.3) is 16.2 Å². The third-order valence-electron chi connectivity index (χ3n) is 3.02. The first-order chi connectivity index (χ1) is 9.61. The van der Waals surface area contributed by atoms with E-state index in [1.165, 1.54) is 11.3 Å². The average Bonchev–Trinajstić information content (AvgIpc) is 2.99. The minimum atomic E-state index is -0.205. The number of hydrogen-bond acceptors (Lipinski definition) is 5. The van der Waals surface area contributed by atoms with Gasteiger partial charge in [0.25, 0.3) is 0 Å². The van der Waals surface area contributed by atoms with Crippen LogP contribution in [-0.2, 0) is 0 Å². The van der Waals surface area contributed by atoms with Crippen molar-refractivity contribution in [1.29, 1.82) is 0 Å². The molecule has 0 aliphatic carbocycles. The molecule has 0 amide bonds. The molecule has 2 N–H and O–H groups in total. The van der Waals surface area contributed by atoms with E-state index in [1.54, 1.807) is 13.2 Å². The van der Waals surface area contributed by atoms with E-state index in [0.29, 0.717) is 5.02 Å². The lowest BCUT2D eigenvalue weighted by Gasteiger charge is -2.10. The van der Waals surface area contributed by atoms with Gasteiger partial charge in [-0.3, -0.25) is 4.40 Å². The first kappa shape index (κ1) is 13.4. The van der Waals surface area contributed by atoms with E-state index < -0.39 is 0 Å². The first-order valence-electron chi connectivity index (χ1n) is 6.04. The molecule has 1 unspecified atom stereocenters. The molecule has 104 valence electrons. The predicted octanol–water partition coefficient (Wildman–Crippen LogP) is 3.14. The second-order valence-corrected chi connectivity index (χ2v) is 5.70. The number of aromatic nitrogens is 3. The van der Waals surface area contributed by atoms with Gasteiger partial charge in [-0.25, -0.2) is 0 Å².